The lowest BCUT2D eigenvalue weighted by atomic mass is 9.80. The normalized spacial score (nSPS) is 31.6. The van der Waals surface area contributed by atoms with Gasteiger partial charge in [0.25, 0.3) is 0 Å². The van der Waals surface area contributed by atoms with Gasteiger partial charge >= 0.3 is 6.03 Å². The van der Waals surface area contributed by atoms with Gasteiger partial charge in [-0.3, -0.25) is 19.8 Å². The van der Waals surface area contributed by atoms with Crippen LogP contribution < -0.4 is 5.32 Å². The largest absolute Gasteiger partial charge is 0.375 e. The molecule has 0 aromatic rings. The molecule has 21 heavy (non-hydrogen) atoms. The number of carbonyl (C=O) groups excluding carboxylic acids is 3. The van der Waals surface area contributed by atoms with Gasteiger partial charge in [0.2, 0.25) is 11.8 Å². The first-order valence-corrected chi connectivity index (χ1v) is 7.69. The fourth-order valence-corrected chi connectivity index (χ4v) is 3.87. The van der Waals surface area contributed by atoms with Crippen LogP contribution >= 0.6 is 0 Å². The summed E-state index contributed by atoms with van der Waals surface area (Å²) in [7, 11) is 0. The number of imide groups is 2. The van der Waals surface area contributed by atoms with Crippen LogP contribution in [0.5, 0.6) is 0 Å². The van der Waals surface area contributed by atoms with E-state index in [2.05, 4.69) is 5.32 Å². The average molecular weight is 294 g/mol. The molecule has 3 rings (SSSR count). The van der Waals surface area contributed by atoms with Gasteiger partial charge < -0.3 is 4.74 Å². The van der Waals surface area contributed by atoms with Crippen molar-refractivity contribution in [1.29, 1.82) is 0 Å². The van der Waals surface area contributed by atoms with Crippen LogP contribution in [0.4, 0.5) is 4.79 Å². The molecule has 3 fully saturated rings. The zero-order valence-electron chi connectivity index (χ0n) is 12.6. The first-order valence-electron chi connectivity index (χ1n) is 7.69. The molecule has 116 valence electrons. The van der Waals surface area contributed by atoms with E-state index in [-0.39, 0.29) is 17.6 Å². The second-order valence-electron chi connectivity index (χ2n) is 6.98. The van der Waals surface area contributed by atoms with Crippen LogP contribution in [0.25, 0.3) is 0 Å². The van der Waals surface area contributed by atoms with Crippen LogP contribution in [-0.4, -0.2) is 41.0 Å². The maximum absolute atomic E-state index is 12.9. The summed E-state index contributed by atoms with van der Waals surface area (Å²) in [6, 6.07) is -0.753. The minimum absolute atomic E-state index is 0.188. The van der Waals surface area contributed by atoms with Gasteiger partial charge in [0.1, 0.15) is 5.41 Å². The molecule has 2 heterocycles. The summed E-state index contributed by atoms with van der Waals surface area (Å²) in [6.07, 6.45) is 4.06. The van der Waals surface area contributed by atoms with Gasteiger partial charge in [-0.1, -0.05) is 12.8 Å². The van der Waals surface area contributed by atoms with Crippen molar-refractivity contribution in [3.8, 4) is 0 Å². The lowest BCUT2D eigenvalue weighted by molar-refractivity contribution is -0.156. The van der Waals surface area contributed by atoms with Crippen LogP contribution in [0.1, 0.15) is 52.4 Å². The highest BCUT2D eigenvalue weighted by Crippen LogP contribution is 2.43. The zero-order valence-corrected chi connectivity index (χ0v) is 12.6. The van der Waals surface area contributed by atoms with Crippen LogP contribution in [0.15, 0.2) is 0 Å². The van der Waals surface area contributed by atoms with E-state index >= 15 is 0 Å². The van der Waals surface area contributed by atoms with Crippen molar-refractivity contribution < 1.29 is 19.1 Å². The molecule has 2 saturated heterocycles. The Morgan fingerprint density at radius 2 is 1.86 bits per heavy atom. The molecule has 4 amide bonds. The third-order valence-electron chi connectivity index (χ3n) is 5.00. The summed E-state index contributed by atoms with van der Waals surface area (Å²) in [6.45, 7) is 4.44. The zero-order chi connectivity index (χ0) is 15.3. The van der Waals surface area contributed by atoms with E-state index in [0.717, 1.165) is 12.8 Å². The molecule has 0 radical (unpaired) electrons. The van der Waals surface area contributed by atoms with Crippen molar-refractivity contribution in [1.82, 2.24) is 10.2 Å². The molecule has 2 aliphatic heterocycles. The molecule has 3 aliphatic rings. The second-order valence-corrected chi connectivity index (χ2v) is 6.98. The molecule has 1 saturated carbocycles. The van der Waals surface area contributed by atoms with Gasteiger partial charge in [0.15, 0.2) is 0 Å². The molecule has 1 N–H and O–H groups in total. The summed E-state index contributed by atoms with van der Waals surface area (Å²) in [5.41, 5.74) is -1.36. The molecular weight excluding hydrogens is 272 g/mol. The van der Waals surface area contributed by atoms with Gasteiger partial charge in [-0.15, -0.1) is 0 Å². The summed E-state index contributed by atoms with van der Waals surface area (Å²) < 4.78 is 5.66. The number of nitrogens with zero attached hydrogens (tertiary/aromatic N) is 1. The van der Waals surface area contributed by atoms with Crippen molar-refractivity contribution in [2.75, 3.05) is 6.61 Å². The molecule has 0 aromatic carbocycles. The SMILES string of the molecule is CC1(C)CC(N2C(=O)NC(=O)C3(CCCC3)C2=O)CCO1. The maximum Gasteiger partial charge on any atom is 0.331 e. The molecule has 6 heteroatoms. The number of rotatable bonds is 1. The van der Waals surface area contributed by atoms with Crippen molar-refractivity contribution in [2.45, 2.75) is 64.0 Å². The quantitative estimate of drug-likeness (QED) is 0.745. The Bertz CT molecular complexity index is 494. The van der Waals surface area contributed by atoms with Crippen molar-refractivity contribution in [3.05, 3.63) is 0 Å². The standard InChI is InChI=1S/C15H22N2O4/c1-14(2)9-10(5-8-21-14)17-12(19)15(6-3-4-7-15)11(18)16-13(17)20/h10H,3-9H2,1-2H3,(H,16,18,20). The first kappa shape index (κ1) is 14.5. The number of hydrogen-bond acceptors (Lipinski definition) is 4. The smallest absolute Gasteiger partial charge is 0.331 e. The van der Waals surface area contributed by atoms with E-state index in [0.29, 0.717) is 32.3 Å². The molecule has 6 nitrogen and oxygen atoms in total. The van der Waals surface area contributed by atoms with E-state index in [4.69, 9.17) is 4.74 Å². The summed E-state index contributed by atoms with van der Waals surface area (Å²) >= 11 is 0. The Kier molecular flexibility index (Phi) is 3.31. The van der Waals surface area contributed by atoms with Crippen LogP contribution in [0.2, 0.25) is 0 Å². The first-order chi connectivity index (χ1) is 9.86. The summed E-state index contributed by atoms with van der Waals surface area (Å²) in [5, 5.41) is 2.40. The third-order valence-corrected chi connectivity index (χ3v) is 5.00. The van der Waals surface area contributed by atoms with Crippen LogP contribution in [0, 0.1) is 5.41 Å². The molecule has 0 bridgehead atoms. The summed E-state index contributed by atoms with van der Waals surface area (Å²) in [5.74, 6) is -0.700. The third kappa shape index (κ3) is 2.25. The number of amides is 4. The van der Waals surface area contributed by atoms with E-state index < -0.39 is 17.4 Å². The Labute approximate surface area is 124 Å². The number of urea groups is 1. The number of hydrogen-bond donors (Lipinski definition) is 1. The topological polar surface area (TPSA) is 75.7 Å². The highest BCUT2D eigenvalue weighted by molar-refractivity contribution is 6.19. The Morgan fingerprint density at radius 1 is 1.19 bits per heavy atom. The number of ether oxygens (including phenoxy) is 1. The Morgan fingerprint density at radius 3 is 2.48 bits per heavy atom. The fraction of sp³-hybridized carbons (Fsp3) is 0.800. The van der Waals surface area contributed by atoms with E-state index in [1.54, 1.807) is 0 Å². The molecular formula is C15H22N2O4. The minimum atomic E-state index is -1.00. The Balaban J connectivity index is 1.88. The van der Waals surface area contributed by atoms with Crippen LogP contribution in [-0.2, 0) is 14.3 Å². The van der Waals surface area contributed by atoms with Gasteiger partial charge in [0, 0.05) is 12.6 Å². The molecule has 1 atom stereocenters. The van der Waals surface area contributed by atoms with E-state index in [9.17, 15) is 14.4 Å². The highest BCUT2D eigenvalue weighted by Gasteiger charge is 2.56. The maximum atomic E-state index is 12.9. The van der Waals surface area contributed by atoms with Gasteiger partial charge in [-0.05, 0) is 39.5 Å². The molecule has 0 aromatic heterocycles. The van der Waals surface area contributed by atoms with E-state index in [1.165, 1.54) is 4.90 Å². The number of nitrogens with one attached hydrogen (secondary N) is 1. The van der Waals surface area contributed by atoms with Gasteiger partial charge in [-0.25, -0.2) is 4.79 Å². The van der Waals surface area contributed by atoms with E-state index in [1.807, 2.05) is 13.8 Å². The van der Waals surface area contributed by atoms with Gasteiger partial charge in [-0.2, -0.15) is 0 Å². The number of barbiturate groups is 1. The van der Waals surface area contributed by atoms with Gasteiger partial charge in [0.05, 0.1) is 5.60 Å². The molecule has 1 aliphatic carbocycles. The average Bonchev–Trinajstić information content (AvgIpc) is 2.86. The van der Waals surface area contributed by atoms with Crippen LogP contribution in [0.3, 0.4) is 0 Å². The minimum Gasteiger partial charge on any atom is -0.375 e. The van der Waals surface area contributed by atoms with Crippen molar-refractivity contribution in [3.63, 3.8) is 0 Å². The summed E-state index contributed by atoms with van der Waals surface area (Å²) in [4.78, 5) is 38.6. The molecule has 1 spiro atoms. The molecule has 1 unspecified atom stereocenters. The lowest BCUT2D eigenvalue weighted by Gasteiger charge is -2.45. The van der Waals surface area contributed by atoms with Crippen molar-refractivity contribution in [2.24, 2.45) is 5.41 Å². The highest BCUT2D eigenvalue weighted by atomic mass is 16.5. The lowest BCUT2D eigenvalue weighted by Crippen LogP contribution is -2.66. The predicted octanol–water partition coefficient (Wildman–Crippen LogP) is 1.58. The second kappa shape index (κ2) is 4.80. The predicted molar refractivity (Wildman–Crippen MR) is 74.3 cm³/mol. The van der Waals surface area contributed by atoms with Crippen molar-refractivity contribution >= 4 is 17.8 Å². The Hall–Kier alpha value is -1.43. The number of carbonyl (C=O) groups is 3. The fourth-order valence-electron chi connectivity index (χ4n) is 3.87. The monoisotopic (exact) mass is 294 g/mol.